The van der Waals surface area contributed by atoms with E-state index in [0.717, 1.165) is 38.5 Å². The van der Waals surface area contributed by atoms with E-state index in [-0.39, 0.29) is 12.4 Å². The number of ether oxygens (including phenoxy) is 1. The second-order valence-corrected chi connectivity index (χ2v) is 5.79. The van der Waals surface area contributed by atoms with E-state index in [1.807, 2.05) is 0 Å². The molecule has 3 nitrogen and oxygen atoms in total. The Balaban J connectivity index is 0.00000161. The van der Waals surface area contributed by atoms with Crippen molar-refractivity contribution in [1.82, 2.24) is 4.90 Å². The number of hydrogen-bond donors (Lipinski definition) is 1. The highest BCUT2D eigenvalue weighted by Gasteiger charge is 2.13. The summed E-state index contributed by atoms with van der Waals surface area (Å²) < 4.78 is 5.40. The number of rotatable bonds is 3. The smallest absolute Gasteiger partial charge is 0.0594 e. The predicted molar refractivity (Wildman–Crippen MR) is 90.6 cm³/mol. The van der Waals surface area contributed by atoms with Gasteiger partial charge in [-0.2, -0.15) is 0 Å². The zero-order valence-electron chi connectivity index (χ0n) is 12.5. The maximum Gasteiger partial charge on any atom is 0.0594 e. The second-order valence-electron chi connectivity index (χ2n) is 5.79. The van der Waals surface area contributed by atoms with Gasteiger partial charge in [0, 0.05) is 30.9 Å². The molecular weight excluding hydrogens is 284 g/mol. The van der Waals surface area contributed by atoms with Crippen LogP contribution in [0.5, 0.6) is 0 Å². The third-order valence-corrected chi connectivity index (χ3v) is 4.26. The van der Waals surface area contributed by atoms with Crippen molar-refractivity contribution >= 4 is 23.7 Å². The van der Waals surface area contributed by atoms with Crippen LogP contribution in [0.3, 0.4) is 0 Å². The van der Waals surface area contributed by atoms with E-state index < -0.39 is 0 Å². The number of nitrogens with two attached hydrogens (primary N) is 1. The lowest BCUT2D eigenvalue weighted by atomic mass is 9.91. The van der Waals surface area contributed by atoms with Crippen molar-refractivity contribution in [3.63, 3.8) is 0 Å². The third kappa shape index (κ3) is 4.22. The Hall–Kier alpha value is -1.03. The maximum absolute atomic E-state index is 6.18. The molecule has 3 rings (SSSR count). The number of nitrogens with zero attached hydrogens (tertiary/aromatic N) is 1. The molecular formula is C17H25ClN2O. The Morgan fingerprint density at radius 3 is 2.67 bits per heavy atom. The first-order chi connectivity index (χ1) is 9.83. The van der Waals surface area contributed by atoms with Crippen LogP contribution in [-0.2, 0) is 11.3 Å². The van der Waals surface area contributed by atoms with E-state index in [4.69, 9.17) is 10.5 Å². The normalized spacial score (nSPS) is 19.7. The molecule has 1 heterocycles. The highest BCUT2D eigenvalue weighted by Crippen LogP contribution is 2.31. The average molecular weight is 309 g/mol. The Bertz CT molecular complexity index is 496. The van der Waals surface area contributed by atoms with E-state index in [9.17, 15) is 0 Å². The molecule has 1 aliphatic carbocycles. The molecule has 0 amide bonds. The molecule has 1 saturated heterocycles. The van der Waals surface area contributed by atoms with Crippen molar-refractivity contribution in [2.45, 2.75) is 32.2 Å². The summed E-state index contributed by atoms with van der Waals surface area (Å²) in [7, 11) is 0. The minimum absolute atomic E-state index is 0. The Labute approximate surface area is 133 Å². The highest BCUT2D eigenvalue weighted by atomic mass is 35.5. The van der Waals surface area contributed by atoms with E-state index in [2.05, 4.69) is 29.2 Å². The van der Waals surface area contributed by atoms with Crippen LogP contribution in [0, 0.1) is 0 Å². The number of benzene rings is 1. The molecule has 1 aromatic carbocycles. The molecule has 0 spiro atoms. The van der Waals surface area contributed by atoms with Crippen molar-refractivity contribution in [2.24, 2.45) is 0 Å². The number of hydrogen-bond acceptors (Lipinski definition) is 3. The summed E-state index contributed by atoms with van der Waals surface area (Å²) in [6, 6.07) is 6.53. The van der Waals surface area contributed by atoms with E-state index in [1.165, 1.54) is 42.4 Å². The Morgan fingerprint density at radius 1 is 1.14 bits per heavy atom. The summed E-state index contributed by atoms with van der Waals surface area (Å²) in [6.45, 7) is 4.77. The molecule has 116 valence electrons. The largest absolute Gasteiger partial charge is 0.398 e. The summed E-state index contributed by atoms with van der Waals surface area (Å²) in [5, 5.41) is 0. The summed E-state index contributed by atoms with van der Waals surface area (Å²) in [5.41, 5.74) is 11.2. The first-order valence-corrected chi connectivity index (χ1v) is 7.71. The molecule has 2 N–H and O–H groups in total. The minimum atomic E-state index is 0. The lowest BCUT2D eigenvalue weighted by molar-refractivity contribution is 0.0342. The van der Waals surface area contributed by atoms with Gasteiger partial charge in [0.15, 0.2) is 0 Å². The van der Waals surface area contributed by atoms with E-state index >= 15 is 0 Å². The van der Waals surface area contributed by atoms with Gasteiger partial charge in [-0.1, -0.05) is 12.1 Å². The molecule has 0 unspecified atom stereocenters. The topological polar surface area (TPSA) is 38.5 Å². The number of halogens is 1. The third-order valence-electron chi connectivity index (χ3n) is 4.26. The Morgan fingerprint density at radius 2 is 1.95 bits per heavy atom. The van der Waals surface area contributed by atoms with Crippen molar-refractivity contribution in [3.05, 3.63) is 35.4 Å². The van der Waals surface area contributed by atoms with Gasteiger partial charge >= 0.3 is 0 Å². The van der Waals surface area contributed by atoms with Crippen LogP contribution in [0.2, 0.25) is 0 Å². The molecule has 1 fully saturated rings. The maximum atomic E-state index is 6.18. The number of anilines is 1. The number of nitrogen functional groups attached to an aromatic ring is 1. The fraction of sp³-hybridized carbons (Fsp3) is 0.529. The lowest BCUT2D eigenvalue weighted by Gasteiger charge is -2.27. The van der Waals surface area contributed by atoms with E-state index in [1.54, 1.807) is 0 Å². The van der Waals surface area contributed by atoms with Gasteiger partial charge in [0.2, 0.25) is 0 Å². The molecule has 0 bridgehead atoms. The molecule has 0 aromatic heterocycles. The lowest BCUT2D eigenvalue weighted by Crippen LogP contribution is -2.35. The van der Waals surface area contributed by atoms with Crippen LogP contribution < -0.4 is 5.73 Å². The van der Waals surface area contributed by atoms with Crippen molar-refractivity contribution in [3.8, 4) is 0 Å². The molecule has 0 saturated carbocycles. The average Bonchev–Trinajstić information content (AvgIpc) is 2.51. The van der Waals surface area contributed by atoms with Crippen LogP contribution in [0.4, 0.5) is 5.69 Å². The van der Waals surface area contributed by atoms with Gasteiger partial charge < -0.3 is 10.5 Å². The van der Waals surface area contributed by atoms with Gasteiger partial charge in [0.05, 0.1) is 13.2 Å². The molecule has 4 heteroatoms. The van der Waals surface area contributed by atoms with Crippen molar-refractivity contribution < 1.29 is 4.74 Å². The van der Waals surface area contributed by atoms with Crippen LogP contribution in [0.25, 0.3) is 5.57 Å². The zero-order valence-corrected chi connectivity index (χ0v) is 13.3. The zero-order chi connectivity index (χ0) is 13.8. The van der Waals surface area contributed by atoms with Gasteiger partial charge in [0.25, 0.3) is 0 Å². The molecule has 0 atom stereocenters. The van der Waals surface area contributed by atoms with Gasteiger partial charge in [-0.15, -0.1) is 12.4 Å². The monoisotopic (exact) mass is 308 g/mol. The van der Waals surface area contributed by atoms with Gasteiger partial charge in [0.1, 0.15) is 0 Å². The van der Waals surface area contributed by atoms with Crippen molar-refractivity contribution in [2.75, 3.05) is 32.0 Å². The second kappa shape index (κ2) is 7.83. The summed E-state index contributed by atoms with van der Waals surface area (Å²) in [5.74, 6) is 0. The number of morpholine rings is 1. The standard InChI is InChI=1S/C17H24N2O.ClH/c18-17-7-6-14(13-19-8-10-20-11-9-19)12-16(17)15-4-2-1-3-5-15;/h4,6-7,12H,1-3,5,8-11,13,18H2;1H. The van der Waals surface area contributed by atoms with Crippen LogP contribution in [0.15, 0.2) is 24.3 Å². The van der Waals surface area contributed by atoms with Gasteiger partial charge in [-0.3, -0.25) is 4.90 Å². The van der Waals surface area contributed by atoms with Gasteiger partial charge in [-0.05, 0) is 49.0 Å². The quantitative estimate of drug-likeness (QED) is 0.869. The molecule has 1 aromatic rings. The number of allylic oxidation sites excluding steroid dienone is 2. The predicted octanol–water partition coefficient (Wildman–Crippen LogP) is 3.48. The van der Waals surface area contributed by atoms with Crippen LogP contribution >= 0.6 is 12.4 Å². The van der Waals surface area contributed by atoms with Gasteiger partial charge in [-0.25, -0.2) is 0 Å². The van der Waals surface area contributed by atoms with Crippen LogP contribution in [-0.4, -0.2) is 31.2 Å². The first kappa shape index (κ1) is 16.3. The molecule has 1 aliphatic heterocycles. The summed E-state index contributed by atoms with van der Waals surface area (Å²) in [6.07, 6.45) is 7.34. The molecule has 0 radical (unpaired) electrons. The SMILES string of the molecule is Cl.Nc1ccc(CN2CCOCC2)cc1C1=CCCCC1. The first-order valence-electron chi connectivity index (χ1n) is 7.71. The van der Waals surface area contributed by atoms with Crippen molar-refractivity contribution in [1.29, 1.82) is 0 Å². The molecule has 21 heavy (non-hydrogen) atoms. The molecule has 2 aliphatic rings. The summed E-state index contributed by atoms with van der Waals surface area (Å²) >= 11 is 0. The fourth-order valence-electron chi connectivity index (χ4n) is 3.08. The van der Waals surface area contributed by atoms with Crippen LogP contribution in [0.1, 0.15) is 36.8 Å². The summed E-state index contributed by atoms with van der Waals surface area (Å²) in [4.78, 5) is 2.45. The fourth-order valence-corrected chi connectivity index (χ4v) is 3.08. The highest BCUT2D eigenvalue weighted by molar-refractivity contribution is 5.85. The Kier molecular flexibility index (Phi) is 6.09. The minimum Gasteiger partial charge on any atom is -0.398 e. The van der Waals surface area contributed by atoms with E-state index in [0.29, 0.717) is 0 Å².